The summed E-state index contributed by atoms with van der Waals surface area (Å²) in [5.41, 5.74) is 6.64. The molecule has 17 heavy (non-hydrogen) atoms. The number of nitrogens with zero attached hydrogens (tertiary/aromatic N) is 3. The molecular formula is C11H17N5O. The van der Waals surface area contributed by atoms with Crippen molar-refractivity contribution in [3.8, 4) is 0 Å². The fourth-order valence-electron chi connectivity index (χ4n) is 1.77. The molecule has 1 atom stereocenters. The predicted molar refractivity (Wildman–Crippen MR) is 63.1 cm³/mol. The monoisotopic (exact) mass is 235 g/mol. The van der Waals surface area contributed by atoms with Gasteiger partial charge in [-0.15, -0.1) is 0 Å². The van der Waals surface area contributed by atoms with Gasteiger partial charge >= 0.3 is 0 Å². The summed E-state index contributed by atoms with van der Waals surface area (Å²) in [5.74, 6) is 0.984. The number of aliphatic hydroxyl groups is 1. The summed E-state index contributed by atoms with van der Waals surface area (Å²) < 4.78 is 1.98. The van der Waals surface area contributed by atoms with Gasteiger partial charge in [0.15, 0.2) is 0 Å². The smallest absolute Gasteiger partial charge is 0.106 e. The summed E-state index contributed by atoms with van der Waals surface area (Å²) in [7, 11) is 0. The quantitative estimate of drug-likeness (QED) is 0.668. The van der Waals surface area contributed by atoms with Crippen LogP contribution in [0.15, 0.2) is 24.9 Å². The lowest BCUT2D eigenvalue weighted by atomic mass is 10.2. The fourth-order valence-corrected chi connectivity index (χ4v) is 1.77. The van der Waals surface area contributed by atoms with Gasteiger partial charge in [0.25, 0.3) is 0 Å². The number of hydrogen-bond acceptors (Lipinski definition) is 4. The third kappa shape index (κ3) is 2.92. The number of hydrogen-bond donors (Lipinski definition) is 3. The Labute approximate surface area is 99.5 Å². The topological polar surface area (TPSA) is 92.8 Å². The van der Waals surface area contributed by atoms with E-state index in [0.29, 0.717) is 0 Å². The molecule has 0 aliphatic heterocycles. The van der Waals surface area contributed by atoms with Crippen LogP contribution >= 0.6 is 0 Å². The lowest BCUT2D eigenvalue weighted by Gasteiger charge is -2.11. The van der Waals surface area contributed by atoms with Crippen molar-refractivity contribution >= 4 is 0 Å². The van der Waals surface area contributed by atoms with E-state index >= 15 is 0 Å². The van der Waals surface area contributed by atoms with E-state index in [1.54, 1.807) is 18.7 Å². The number of aromatic amines is 1. The second-order valence-electron chi connectivity index (χ2n) is 3.94. The number of aryl methyl sites for hydroxylation is 2. The zero-order valence-corrected chi connectivity index (χ0v) is 9.58. The van der Waals surface area contributed by atoms with Crippen LogP contribution in [-0.2, 0) is 13.0 Å². The molecule has 6 heteroatoms. The molecule has 0 aliphatic rings. The molecule has 0 saturated heterocycles. The Balaban J connectivity index is 1.88. The van der Waals surface area contributed by atoms with Crippen molar-refractivity contribution in [3.63, 3.8) is 0 Å². The van der Waals surface area contributed by atoms with Gasteiger partial charge in [-0.2, -0.15) is 0 Å². The molecule has 0 bridgehead atoms. The van der Waals surface area contributed by atoms with Crippen molar-refractivity contribution in [2.24, 2.45) is 5.73 Å². The van der Waals surface area contributed by atoms with Crippen molar-refractivity contribution < 1.29 is 5.11 Å². The Bertz CT molecular complexity index is 436. The number of imidazole rings is 2. The van der Waals surface area contributed by atoms with E-state index in [0.717, 1.165) is 30.9 Å². The molecule has 0 amide bonds. The van der Waals surface area contributed by atoms with Gasteiger partial charge in [-0.1, -0.05) is 0 Å². The first-order chi connectivity index (χ1) is 8.31. The van der Waals surface area contributed by atoms with Gasteiger partial charge in [0.2, 0.25) is 0 Å². The fraction of sp³-hybridized carbons (Fsp3) is 0.455. The Kier molecular flexibility index (Phi) is 3.89. The molecule has 2 heterocycles. The Morgan fingerprint density at radius 1 is 1.53 bits per heavy atom. The second kappa shape index (κ2) is 5.60. The van der Waals surface area contributed by atoms with Crippen molar-refractivity contribution in [2.75, 3.05) is 6.61 Å². The third-order valence-corrected chi connectivity index (χ3v) is 2.69. The highest BCUT2D eigenvalue weighted by atomic mass is 16.3. The van der Waals surface area contributed by atoms with Crippen LogP contribution in [0.5, 0.6) is 0 Å². The number of nitrogens with one attached hydrogen (secondary N) is 1. The molecule has 2 aromatic rings. The minimum atomic E-state index is -0.360. The number of aliphatic hydroxyl groups excluding tert-OH is 1. The molecule has 4 N–H and O–H groups in total. The van der Waals surface area contributed by atoms with Gasteiger partial charge < -0.3 is 20.4 Å². The summed E-state index contributed by atoms with van der Waals surface area (Å²) in [6, 6.07) is -0.360. The van der Waals surface area contributed by atoms with Crippen LogP contribution in [-0.4, -0.2) is 31.2 Å². The third-order valence-electron chi connectivity index (χ3n) is 2.69. The molecule has 0 saturated carbocycles. The van der Waals surface area contributed by atoms with Crippen LogP contribution in [0, 0.1) is 0 Å². The molecule has 0 aliphatic carbocycles. The van der Waals surface area contributed by atoms with Crippen molar-refractivity contribution in [2.45, 2.75) is 25.4 Å². The van der Waals surface area contributed by atoms with Crippen LogP contribution < -0.4 is 5.73 Å². The number of rotatable bonds is 6. The van der Waals surface area contributed by atoms with E-state index in [1.165, 1.54) is 0 Å². The summed E-state index contributed by atoms with van der Waals surface area (Å²) in [5, 5.41) is 9.03. The summed E-state index contributed by atoms with van der Waals surface area (Å²) in [6.45, 7) is 0.758. The van der Waals surface area contributed by atoms with E-state index in [1.807, 2.05) is 10.8 Å². The second-order valence-corrected chi connectivity index (χ2v) is 3.94. The average molecular weight is 235 g/mol. The summed E-state index contributed by atoms with van der Waals surface area (Å²) >= 11 is 0. The van der Waals surface area contributed by atoms with Crippen LogP contribution in [0.4, 0.5) is 0 Å². The molecule has 92 valence electrons. The molecule has 0 spiro atoms. The van der Waals surface area contributed by atoms with Gasteiger partial charge in [-0.05, 0) is 6.42 Å². The summed E-state index contributed by atoms with van der Waals surface area (Å²) in [4.78, 5) is 11.3. The van der Waals surface area contributed by atoms with Crippen molar-refractivity contribution in [3.05, 3.63) is 36.4 Å². The number of aromatic nitrogens is 4. The first-order valence-corrected chi connectivity index (χ1v) is 5.66. The molecule has 0 radical (unpaired) electrons. The molecule has 2 aromatic heterocycles. The Morgan fingerprint density at radius 3 is 3.12 bits per heavy atom. The van der Waals surface area contributed by atoms with Gasteiger partial charge in [-0.25, -0.2) is 9.97 Å². The maximum absolute atomic E-state index is 9.03. The van der Waals surface area contributed by atoms with Crippen LogP contribution in [0.1, 0.15) is 24.0 Å². The van der Waals surface area contributed by atoms with E-state index in [-0.39, 0.29) is 12.6 Å². The SMILES string of the molecule is NC(CO)c1cncn1CCCc1ncc[nH]1. The average Bonchev–Trinajstić information content (AvgIpc) is 2.99. The molecule has 6 nitrogen and oxygen atoms in total. The summed E-state index contributed by atoms with van der Waals surface area (Å²) in [6.07, 6.45) is 8.86. The predicted octanol–water partition coefficient (Wildman–Crippen LogP) is 0.231. The Hall–Kier alpha value is -1.66. The van der Waals surface area contributed by atoms with Crippen molar-refractivity contribution in [1.82, 2.24) is 19.5 Å². The first-order valence-electron chi connectivity index (χ1n) is 5.66. The van der Waals surface area contributed by atoms with Crippen LogP contribution in [0.2, 0.25) is 0 Å². The maximum Gasteiger partial charge on any atom is 0.106 e. The van der Waals surface area contributed by atoms with E-state index in [4.69, 9.17) is 10.8 Å². The van der Waals surface area contributed by atoms with E-state index < -0.39 is 0 Å². The lowest BCUT2D eigenvalue weighted by Crippen LogP contribution is -2.18. The van der Waals surface area contributed by atoms with E-state index in [9.17, 15) is 0 Å². The highest BCUT2D eigenvalue weighted by molar-refractivity contribution is 5.04. The minimum Gasteiger partial charge on any atom is -0.394 e. The molecule has 2 rings (SSSR count). The van der Waals surface area contributed by atoms with Gasteiger partial charge in [0.05, 0.1) is 24.7 Å². The maximum atomic E-state index is 9.03. The zero-order valence-electron chi connectivity index (χ0n) is 9.58. The molecular weight excluding hydrogens is 218 g/mol. The van der Waals surface area contributed by atoms with Gasteiger partial charge in [0, 0.05) is 31.6 Å². The molecule has 1 unspecified atom stereocenters. The van der Waals surface area contributed by atoms with Gasteiger partial charge in [-0.3, -0.25) is 0 Å². The molecule has 0 aromatic carbocycles. The highest BCUT2D eigenvalue weighted by Crippen LogP contribution is 2.10. The largest absolute Gasteiger partial charge is 0.394 e. The van der Waals surface area contributed by atoms with Crippen LogP contribution in [0.25, 0.3) is 0 Å². The minimum absolute atomic E-state index is 0.0656. The number of nitrogens with two attached hydrogens (primary N) is 1. The highest BCUT2D eigenvalue weighted by Gasteiger charge is 2.09. The lowest BCUT2D eigenvalue weighted by molar-refractivity contribution is 0.263. The number of H-pyrrole nitrogens is 1. The van der Waals surface area contributed by atoms with Gasteiger partial charge in [0.1, 0.15) is 5.82 Å². The zero-order chi connectivity index (χ0) is 12.1. The van der Waals surface area contributed by atoms with E-state index in [2.05, 4.69) is 15.0 Å². The first kappa shape index (κ1) is 11.8. The molecule has 0 fully saturated rings. The standard InChI is InChI=1S/C11H17N5O/c12-9(7-17)10-6-13-8-16(10)5-1-2-11-14-3-4-15-11/h3-4,6,8-9,17H,1-2,5,7,12H2,(H,14,15). The normalized spacial score (nSPS) is 12.8. The van der Waals surface area contributed by atoms with Crippen molar-refractivity contribution in [1.29, 1.82) is 0 Å². The van der Waals surface area contributed by atoms with Crippen LogP contribution in [0.3, 0.4) is 0 Å². The Morgan fingerprint density at radius 2 is 2.41 bits per heavy atom.